The van der Waals surface area contributed by atoms with E-state index in [1.807, 2.05) is 0 Å². The van der Waals surface area contributed by atoms with Crippen LogP contribution in [0.5, 0.6) is 0 Å². The number of halogens is 3. The van der Waals surface area contributed by atoms with Crippen LogP contribution in [-0.4, -0.2) is 23.7 Å². The van der Waals surface area contributed by atoms with E-state index in [-0.39, 0.29) is 22.4 Å². The SMILES string of the molecule is CCOC(=O)c1ccc(-c2ccc(C=C3SC(=Nc4cccc(C(F)(F)F)c4)NC3=O)o2)cc1. The lowest BCUT2D eigenvalue weighted by Gasteiger charge is -2.06. The van der Waals surface area contributed by atoms with Gasteiger partial charge in [0.1, 0.15) is 11.5 Å². The molecule has 2 aromatic carbocycles. The molecule has 0 radical (unpaired) electrons. The number of benzene rings is 2. The Bertz CT molecular complexity index is 1290. The Kier molecular flexibility index (Phi) is 6.60. The number of aliphatic imine (C=N–C) groups is 1. The van der Waals surface area contributed by atoms with Crippen LogP contribution in [0.25, 0.3) is 17.4 Å². The van der Waals surface area contributed by atoms with Crippen LogP contribution in [0.2, 0.25) is 0 Å². The second-order valence-electron chi connectivity index (χ2n) is 7.03. The summed E-state index contributed by atoms with van der Waals surface area (Å²) in [4.78, 5) is 28.4. The van der Waals surface area contributed by atoms with E-state index in [2.05, 4.69) is 10.3 Å². The predicted molar refractivity (Wildman–Crippen MR) is 122 cm³/mol. The molecule has 1 saturated heterocycles. The Labute approximate surface area is 196 Å². The third-order valence-electron chi connectivity index (χ3n) is 4.64. The summed E-state index contributed by atoms with van der Waals surface area (Å²) in [5, 5.41) is 2.70. The Morgan fingerprint density at radius 3 is 2.62 bits per heavy atom. The van der Waals surface area contributed by atoms with Crippen molar-refractivity contribution in [3.63, 3.8) is 0 Å². The highest BCUT2D eigenvalue weighted by Crippen LogP contribution is 2.33. The minimum Gasteiger partial charge on any atom is -0.462 e. The van der Waals surface area contributed by atoms with Gasteiger partial charge < -0.3 is 14.5 Å². The lowest BCUT2D eigenvalue weighted by molar-refractivity contribution is -0.137. The molecule has 0 unspecified atom stereocenters. The molecule has 1 aromatic heterocycles. The molecule has 0 aliphatic carbocycles. The van der Waals surface area contributed by atoms with Crippen LogP contribution in [0, 0.1) is 0 Å². The van der Waals surface area contributed by atoms with Crippen LogP contribution in [0.1, 0.15) is 28.6 Å². The number of esters is 1. The summed E-state index contributed by atoms with van der Waals surface area (Å²) in [7, 11) is 0. The van der Waals surface area contributed by atoms with Crippen molar-refractivity contribution in [2.45, 2.75) is 13.1 Å². The molecule has 1 aliphatic rings. The number of amidine groups is 1. The summed E-state index contributed by atoms with van der Waals surface area (Å²) in [6.07, 6.45) is -2.96. The Balaban J connectivity index is 1.49. The predicted octanol–water partition coefficient (Wildman–Crippen LogP) is 6.03. The van der Waals surface area contributed by atoms with Crippen LogP contribution >= 0.6 is 11.8 Å². The number of hydrogen-bond donors (Lipinski definition) is 1. The average Bonchev–Trinajstić information content (AvgIpc) is 3.40. The first-order valence-electron chi connectivity index (χ1n) is 10.1. The molecule has 0 atom stereocenters. The van der Waals surface area contributed by atoms with Crippen LogP contribution in [-0.2, 0) is 15.7 Å². The van der Waals surface area contributed by atoms with Gasteiger partial charge in [-0.15, -0.1) is 0 Å². The van der Waals surface area contributed by atoms with E-state index < -0.39 is 23.6 Å². The van der Waals surface area contributed by atoms with E-state index in [1.54, 1.807) is 43.3 Å². The van der Waals surface area contributed by atoms with Crippen LogP contribution < -0.4 is 5.32 Å². The first-order valence-corrected chi connectivity index (χ1v) is 10.9. The molecule has 1 amide bonds. The number of thioether (sulfide) groups is 1. The number of nitrogens with one attached hydrogen (secondary N) is 1. The molecule has 0 saturated carbocycles. The van der Waals surface area contributed by atoms with E-state index in [0.29, 0.717) is 17.1 Å². The second kappa shape index (κ2) is 9.60. The number of carbonyl (C=O) groups excluding carboxylic acids is 2. The van der Waals surface area contributed by atoms with E-state index in [0.717, 1.165) is 29.5 Å². The van der Waals surface area contributed by atoms with Gasteiger partial charge in [-0.25, -0.2) is 9.79 Å². The highest BCUT2D eigenvalue weighted by molar-refractivity contribution is 8.18. The van der Waals surface area contributed by atoms with Crippen molar-refractivity contribution in [3.8, 4) is 11.3 Å². The van der Waals surface area contributed by atoms with Gasteiger partial charge in [0.25, 0.3) is 5.91 Å². The Hall–Kier alpha value is -3.79. The fourth-order valence-electron chi connectivity index (χ4n) is 3.05. The molecule has 1 N–H and O–H groups in total. The standard InChI is InChI=1S/C24H17F3N2O4S/c1-2-32-22(31)15-8-6-14(7-9-15)19-11-10-18(33-19)13-20-21(30)29-23(34-20)28-17-5-3-4-16(12-17)24(25,26)27/h3-13H,2H2,1H3,(H,28,29,30). The van der Waals surface area contributed by atoms with Crippen molar-refractivity contribution in [3.05, 3.63) is 82.5 Å². The molecule has 34 heavy (non-hydrogen) atoms. The Morgan fingerprint density at radius 1 is 1.15 bits per heavy atom. The fourth-order valence-corrected chi connectivity index (χ4v) is 3.87. The minimum atomic E-state index is -4.48. The fraction of sp³-hybridized carbons (Fsp3) is 0.125. The molecular weight excluding hydrogens is 469 g/mol. The number of rotatable bonds is 5. The summed E-state index contributed by atoms with van der Waals surface area (Å²) in [5.41, 5.74) is 0.405. The van der Waals surface area contributed by atoms with Crippen LogP contribution in [0.4, 0.5) is 18.9 Å². The summed E-state index contributed by atoms with van der Waals surface area (Å²) in [6.45, 7) is 2.02. The van der Waals surface area contributed by atoms with Gasteiger partial charge in [0.15, 0.2) is 5.17 Å². The van der Waals surface area contributed by atoms with E-state index in [1.165, 1.54) is 18.2 Å². The summed E-state index contributed by atoms with van der Waals surface area (Å²) in [6, 6.07) is 14.6. The first-order chi connectivity index (χ1) is 16.2. The molecule has 1 fully saturated rings. The van der Waals surface area contributed by atoms with Crippen molar-refractivity contribution < 1.29 is 31.9 Å². The number of carbonyl (C=O) groups is 2. The monoisotopic (exact) mass is 486 g/mol. The van der Waals surface area contributed by atoms with Gasteiger partial charge in [-0.2, -0.15) is 13.2 Å². The molecule has 0 spiro atoms. The van der Waals surface area contributed by atoms with Crippen LogP contribution in [0.3, 0.4) is 0 Å². The number of nitrogens with zero attached hydrogens (tertiary/aromatic N) is 1. The minimum absolute atomic E-state index is 0.0745. The van der Waals surface area contributed by atoms with Gasteiger partial charge >= 0.3 is 12.1 Å². The highest BCUT2D eigenvalue weighted by Gasteiger charge is 2.30. The number of hydrogen-bond acceptors (Lipinski definition) is 6. The lowest BCUT2D eigenvalue weighted by atomic mass is 10.1. The molecule has 3 aromatic rings. The molecular formula is C24H17F3N2O4S. The first kappa shape index (κ1) is 23.4. The highest BCUT2D eigenvalue weighted by atomic mass is 32.2. The van der Waals surface area contributed by atoms with Gasteiger partial charge in [-0.1, -0.05) is 18.2 Å². The Morgan fingerprint density at radius 2 is 1.91 bits per heavy atom. The molecule has 2 heterocycles. The average molecular weight is 486 g/mol. The van der Waals surface area contributed by atoms with Gasteiger partial charge in [-0.3, -0.25) is 4.79 Å². The normalized spacial score (nSPS) is 16.2. The molecule has 6 nitrogen and oxygen atoms in total. The van der Waals surface area contributed by atoms with Crippen LogP contribution in [0.15, 0.2) is 75.0 Å². The van der Waals surface area contributed by atoms with Crippen molar-refractivity contribution in [1.29, 1.82) is 0 Å². The summed E-state index contributed by atoms with van der Waals surface area (Å²) >= 11 is 0.994. The number of alkyl halides is 3. The van der Waals surface area contributed by atoms with E-state index in [4.69, 9.17) is 9.15 Å². The maximum atomic E-state index is 12.9. The van der Waals surface area contributed by atoms with Crippen molar-refractivity contribution >= 4 is 40.6 Å². The third kappa shape index (κ3) is 5.40. The molecule has 10 heteroatoms. The maximum absolute atomic E-state index is 12.9. The molecule has 1 aliphatic heterocycles. The van der Waals surface area contributed by atoms with Crippen molar-refractivity contribution in [2.75, 3.05) is 6.61 Å². The zero-order valence-corrected chi connectivity index (χ0v) is 18.5. The topological polar surface area (TPSA) is 80.9 Å². The third-order valence-corrected chi connectivity index (χ3v) is 5.55. The van der Waals surface area contributed by atoms with E-state index >= 15 is 0 Å². The second-order valence-corrected chi connectivity index (χ2v) is 8.06. The molecule has 4 rings (SSSR count). The zero-order chi connectivity index (χ0) is 24.3. The number of ether oxygens (including phenoxy) is 1. The lowest BCUT2D eigenvalue weighted by Crippen LogP contribution is -2.19. The van der Waals surface area contributed by atoms with Crippen molar-refractivity contribution in [1.82, 2.24) is 5.32 Å². The molecule has 0 bridgehead atoms. The quantitative estimate of drug-likeness (QED) is 0.352. The van der Waals surface area contributed by atoms with E-state index in [9.17, 15) is 22.8 Å². The van der Waals surface area contributed by atoms with Gasteiger partial charge in [0.2, 0.25) is 0 Å². The largest absolute Gasteiger partial charge is 0.462 e. The van der Waals surface area contributed by atoms with Gasteiger partial charge in [0.05, 0.1) is 28.3 Å². The number of amides is 1. The smallest absolute Gasteiger partial charge is 0.416 e. The van der Waals surface area contributed by atoms with Crippen molar-refractivity contribution in [2.24, 2.45) is 4.99 Å². The molecule has 174 valence electrons. The summed E-state index contributed by atoms with van der Waals surface area (Å²) in [5.74, 6) is 0.0872. The zero-order valence-electron chi connectivity index (χ0n) is 17.7. The maximum Gasteiger partial charge on any atom is 0.416 e. The van der Waals surface area contributed by atoms with Gasteiger partial charge in [-0.05, 0) is 61.2 Å². The summed E-state index contributed by atoms with van der Waals surface area (Å²) < 4.78 is 49.4. The van der Waals surface area contributed by atoms with Gasteiger partial charge in [0, 0.05) is 11.6 Å². The number of furan rings is 1.